The van der Waals surface area contributed by atoms with Gasteiger partial charge >= 0.3 is 0 Å². The van der Waals surface area contributed by atoms with Gasteiger partial charge < -0.3 is 10.6 Å². The molecule has 1 heterocycles. The van der Waals surface area contributed by atoms with Crippen LogP contribution in [0.15, 0.2) is 60.9 Å². The van der Waals surface area contributed by atoms with Crippen LogP contribution in [0.1, 0.15) is 27.2 Å². The molecule has 126 valence electrons. The summed E-state index contributed by atoms with van der Waals surface area (Å²) in [6, 6.07) is 17.6. The number of benzene rings is 2. The molecule has 2 aromatic carbocycles. The molecule has 0 fully saturated rings. The Labute approximate surface area is 147 Å². The second-order valence-corrected chi connectivity index (χ2v) is 5.90. The van der Waals surface area contributed by atoms with E-state index < -0.39 is 0 Å². The van der Waals surface area contributed by atoms with E-state index in [9.17, 15) is 4.79 Å². The molecule has 0 unspecified atom stereocenters. The van der Waals surface area contributed by atoms with E-state index in [1.54, 1.807) is 6.07 Å². The van der Waals surface area contributed by atoms with Crippen LogP contribution in [0.5, 0.6) is 0 Å². The molecular formula is C20H20N4O. The molecule has 0 bridgehead atoms. The third-order valence-corrected chi connectivity index (χ3v) is 3.88. The predicted molar refractivity (Wildman–Crippen MR) is 98.8 cm³/mol. The van der Waals surface area contributed by atoms with Crippen LogP contribution in [0.3, 0.4) is 0 Å². The molecule has 0 saturated carbocycles. The lowest BCUT2D eigenvalue weighted by atomic mass is 10.1. The summed E-state index contributed by atoms with van der Waals surface area (Å²) in [4.78, 5) is 20.6. The van der Waals surface area contributed by atoms with Crippen LogP contribution in [-0.2, 0) is 6.54 Å². The van der Waals surface area contributed by atoms with E-state index in [0.29, 0.717) is 18.1 Å². The zero-order valence-corrected chi connectivity index (χ0v) is 14.3. The number of carbonyl (C=O) groups excluding carboxylic acids is 1. The van der Waals surface area contributed by atoms with Crippen LogP contribution in [0.4, 0.5) is 11.5 Å². The lowest BCUT2D eigenvalue weighted by Gasteiger charge is -2.09. The summed E-state index contributed by atoms with van der Waals surface area (Å²) >= 11 is 0. The molecule has 5 nitrogen and oxygen atoms in total. The molecule has 5 heteroatoms. The van der Waals surface area contributed by atoms with Gasteiger partial charge in [0, 0.05) is 18.3 Å². The molecule has 25 heavy (non-hydrogen) atoms. The van der Waals surface area contributed by atoms with Gasteiger partial charge in [0.2, 0.25) is 0 Å². The second kappa shape index (κ2) is 7.57. The first-order chi connectivity index (χ1) is 12.1. The van der Waals surface area contributed by atoms with Gasteiger partial charge in [-0.05, 0) is 31.0 Å². The molecule has 1 amide bonds. The van der Waals surface area contributed by atoms with Crippen molar-refractivity contribution in [1.82, 2.24) is 15.3 Å². The SMILES string of the molecule is Cc1ccc(CNC(=O)c2cc(Nc3ccccc3C)ncn2)cc1. The topological polar surface area (TPSA) is 66.9 Å². The fourth-order valence-electron chi connectivity index (χ4n) is 2.38. The standard InChI is InChI=1S/C20H20N4O/c1-14-7-9-16(10-8-14)12-21-20(25)18-11-19(23-13-22-18)24-17-6-4-3-5-15(17)2/h3-11,13H,12H2,1-2H3,(H,21,25)(H,22,23,24). The number of amides is 1. The minimum atomic E-state index is -0.226. The number of nitrogens with one attached hydrogen (secondary N) is 2. The third-order valence-electron chi connectivity index (χ3n) is 3.88. The Hall–Kier alpha value is -3.21. The van der Waals surface area contributed by atoms with Crippen LogP contribution in [0.2, 0.25) is 0 Å². The maximum atomic E-state index is 12.3. The van der Waals surface area contributed by atoms with Gasteiger partial charge in [0.05, 0.1) is 0 Å². The van der Waals surface area contributed by atoms with E-state index in [1.807, 2.05) is 62.4 Å². The Balaban J connectivity index is 1.67. The molecule has 3 rings (SSSR count). The summed E-state index contributed by atoms with van der Waals surface area (Å²) in [6.07, 6.45) is 1.39. The Morgan fingerprint density at radius 2 is 1.76 bits per heavy atom. The molecule has 0 atom stereocenters. The first kappa shape index (κ1) is 16.6. The smallest absolute Gasteiger partial charge is 0.270 e. The summed E-state index contributed by atoms with van der Waals surface area (Å²) in [6.45, 7) is 4.51. The normalized spacial score (nSPS) is 10.3. The van der Waals surface area contributed by atoms with Crippen LogP contribution in [-0.4, -0.2) is 15.9 Å². The van der Waals surface area contributed by atoms with Crippen molar-refractivity contribution in [1.29, 1.82) is 0 Å². The van der Waals surface area contributed by atoms with Crippen LogP contribution in [0, 0.1) is 13.8 Å². The van der Waals surface area contributed by atoms with Gasteiger partial charge in [-0.15, -0.1) is 0 Å². The number of rotatable bonds is 5. The summed E-state index contributed by atoms with van der Waals surface area (Å²) in [5, 5.41) is 6.10. The fourth-order valence-corrected chi connectivity index (χ4v) is 2.38. The number of aryl methyl sites for hydroxylation is 2. The highest BCUT2D eigenvalue weighted by molar-refractivity contribution is 5.92. The fraction of sp³-hybridized carbons (Fsp3) is 0.150. The monoisotopic (exact) mass is 332 g/mol. The second-order valence-electron chi connectivity index (χ2n) is 5.90. The van der Waals surface area contributed by atoms with Crippen molar-refractivity contribution >= 4 is 17.4 Å². The first-order valence-electron chi connectivity index (χ1n) is 8.10. The van der Waals surface area contributed by atoms with Gasteiger partial charge in [-0.2, -0.15) is 0 Å². The molecule has 0 aliphatic carbocycles. The Bertz CT molecular complexity index is 875. The molecule has 0 radical (unpaired) electrons. The predicted octanol–water partition coefficient (Wildman–Crippen LogP) is 3.77. The summed E-state index contributed by atoms with van der Waals surface area (Å²) in [5.41, 5.74) is 4.63. The van der Waals surface area contributed by atoms with Crippen LogP contribution >= 0.6 is 0 Å². The zero-order valence-electron chi connectivity index (χ0n) is 14.3. The molecule has 2 N–H and O–H groups in total. The van der Waals surface area contributed by atoms with Gasteiger partial charge in [-0.25, -0.2) is 9.97 Å². The van der Waals surface area contributed by atoms with Crippen molar-refractivity contribution in [2.24, 2.45) is 0 Å². The highest BCUT2D eigenvalue weighted by atomic mass is 16.1. The van der Waals surface area contributed by atoms with Gasteiger partial charge in [0.25, 0.3) is 5.91 Å². The molecule has 0 spiro atoms. The number of para-hydroxylation sites is 1. The third kappa shape index (κ3) is 4.41. The molecule has 3 aromatic rings. The molecule has 0 aliphatic rings. The largest absolute Gasteiger partial charge is 0.347 e. The van der Waals surface area contributed by atoms with Gasteiger partial charge in [0.1, 0.15) is 17.8 Å². The van der Waals surface area contributed by atoms with Gasteiger partial charge in [-0.3, -0.25) is 4.79 Å². The molecule has 0 aliphatic heterocycles. The number of hydrogen-bond donors (Lipinski definition) is 2. The van der Waals surface area contributed by atoms with Crippen LogP contribution < -0.4 is 10.6 Å². The lowest BCUT2D eigenvalue weighted by molar-refractivity contribution is 0.0946. The van der Waals surface area contributed by atoms with E-state index in [0.717, 1.165) is 16.8 Å². The quantitative estimate of drug-likeness (QED) is 0.746. The molecule has 0 saturated heterocycles. The van der Waals surface area contributed by atoms with Gasteiger partial charge in [-0.1, -0.05) is 48.0 Å². The summed E-state index contributed by atoms with van der Waals surface area (Å²) in [7, 11) is 0. The minimum absolute atomic E-state index is 0.226. The number of hydrogen-bond acceptors (Lipinski definition) is 4. The van der Waals surface area contributed by atoms with E-state index in [1.165, 1.54) is 11.9 Å². The van der Waals surface area contributed by atoms with Crippen molar-refractivity contribution in [3.63, 3.8) is 0 Å². The minimum Gasteiger partial charge on any atom is -0.347 e. The first-order valence-corrected chi connectivity index (χ1v) is 8.10. The lowest BCUT2D eigenvalue weighted by Crippen LogP contribution is -2.24. The van der Waals surface area contributed by atoms with Crippen molar-refractivity contribution in [3.05, 3.63) is 83.3 Å². The van der Waals surface area contributed by atoms with E-state index in [-0.39, 0.29) is 5.91 Å². The van der Waals surface area contributed by atoms with Gasteiger partial charge in [0.15, 0.2) is 0 Å². The molecular weight excluding hydrogens is 312 g/mol. The maximum Gasteiger partial charge on any atom is 0.270 e. The Morgan fingerprint density at radius 1 is 1.00 bits per heavy atom. The van der Waals surface area contributed by atoms with Crippen LogP contribution in [0.25, 0.3) is 0 Å². The highest BCUT2D eigenvalue weighted by Gasteiger charge is 2.09. The Kier molecular flexibility index (Phi) is 5.04. The number of carbonyl (C=O) groups is 1. The average Bonchev–Trinajstić information content (AvgIpc) is 2.63. The van der Waals surface area contributed by atoms with Crippen molar-refractivity contribution < 1.29 is 4.79 Å². The van der Waals surface area contributed by atoms with Crippen molar-refractivity contribution in [2.45, 2.75) is 20.4 Å². The average molecular weight is 332 g/mol. The van der Waals surface area contributed by atoms with E-state index in [4.69, 9.17) is 0 Å². The number of nitrogens with zero attached hydrogens (tertiary/aromatic N) is 2. The van der Waals surface area contributed by atoms with Crippen molar-refractivity contribution in [2.75, 3.05) is 5.32 Å². The summed E-state index contributed by atoms with van der Waals surface area (Å²) in [5.74, 6) is 0.362. The maximum absolute atomic E-state index is 12.3. The highest BCUT2D eigenvalue weighted by Crippen LogP contribution is 2.18. The van der Waals surface area contributed by atoms with E-state index in [2.05, 4.69) is 20.6 Å². The van der Waals surface area contributed by atoms with Crippen molar-refractivity contribution in [3.8, 4) is 0 Å². The zero-order chi connectivity index (χ0) is 17.6. The Morgan fingerprint density at radius 3 is 2.52 bits per heavy atom. The number of anilines is 2. The van der Waals surface area contributed by atoms with E-state index >= 15 is 0 Å². The summed E-state index contributed by atoms with van der Waals surface area (Å²) < 4.78 is 0. The molecule has 1 aromatic heterocycles. The number of aromatic nitrogens is 2.